The van der Waals surface area contributed by atoms with Crippen molar-refractivity contribution in [3.63, 3.8) is 0 Å². The topological polar surface area (TPSA) is 94.9 Å². The average molecular weight is 413 g/mol. The molecule has 30 heavy (non-hydrogen) atoms. The molecule has 0 unspecified atom stereocenters. The summed E-state index contributed by atoms with van der Waals surface area (Å²) >= 11 is 0. The quantitative estimate of drug-likeness (QED) is 0.397. The van der Waals surface area contributed by atoms with E-state index in [4.69, 9.17) is 18.9 Å². The minimum atomic E-state index is -0.871. The zero-order valence-corrected chi connectivity index (χ0v) is 17.6. The lowest BCUT2D eigenvalue weighted by Crippen LogP contribution is -2.36. The molecule has 7 heteroatoms. The van der Waals surface area contributed by atoms with Crippen LogP contribution in [0.25, 0.3) is 6.08 Å². The predicted octanol–water partition coefficient (Wildman–Crippen LogP) is 3.87. The monoisotopic (exact) mass is 413 g/mol. The van der Waals surface area contributed by atoms with Gasteiger partial charge in [-0.05, 0) is 54.4 Å². The van der Waals surface area contributed by atoms with Crippen LogP contribution in [-0.2, 0) is 19.1 Å². The van der Waals surface area contributed by atoms with Crippen LogP contribution in [0.3, 0.4) is 0 Å². The molecule has 3 atom stereocenters. The number of nitriles is 1. The van der Waals surface area contributed by atoms with E-state index >= 15 is 0 Å². The minimum absolute atomic E-state index is 0.134. The molecule has 1 saturated carbocycles. The molecule has 1 fully saturated rings. The van der Waals surface area contributed by atoms with E-state index in [9.17, 15) is 14.9 Å². The smallest absolute Gasteiger partial charge is 0.349 e. The van der Waals surface area contributed by atoms with E-state index in [2.05, 4.69) is 20.8 Å². The van der Waals surface area contributed by atoms with Gasteiger partial charge in [0.1, 0.15) is 17.7 Å². The van der Waals surface area contributed by atoms with E-state index in [1.165, 1.54) is 6.08 Å². The van der Waals surface area contributed by atoms with Crippen LogP contribution in [0.4, 0.5) is 0 Å². The largest absolute Gasteiger partial charge is 0.460 e. The third-order valence-electron chi connectivity index (χ3n) is 5.61. The summed E-state index contributed by atoms with van der Waals surface area (Å²) in [4.78, 5) is 24.5. The van der Waals surface area contributed by atoms with Gasteiger partial charge in [0.2, 0.25) is 6.79 Å². The Morgan fingerprint density at radius 1 is 1.27 bits per heavy atom. The summed E-state index contributed by atoms with van der Waals surface area (Å²) in [6.07, 6.45) is 4.18. The molecule has 0 amide bonds. The number of fused-ring (bicyclic) bond motifs is 1. The van der Waals surface area contributed by atoms with E-state index in [-0.39, 0.29) is 18.5 Å². The summed E-state index contributed by atoms with van der Waals surface area (Å²) in [5, 5.41) is 9.31. The van der Waals surface area contributed by atoms with Crippen molar-refractivity contribution in [2.45, 2.75) is 46.1 Å². The molecule has 1 aromatic rings. The number of ether oxygens (including phenoxy) is 4. The van der Waals surface area contributed by atoms with Crippen molar-refractivity contribution in [1.29, 1.82) is 5.26 Å². The van der Waals surface area contributed by atoms with Gasteiger partial charge in [-0.3, -0.25) is 0 Å². The molecule has 0 N–H and O–H groups in total. The lowest BCUT2D eigenvalue weighted by atomic mass is 9.75. The summed E-state index contributed by atoms with van der Waals surface area (Å²) in [7, 11) is 0. The normalized spacial score (nSPS) is 23.0. The van der Waals surface area contributed by atoms with E-state index in [1.807, 2.05) is 6.07 Å². The standard InChI is InChI=1S/C23H27NO6/c1-14(2)18-6-4-15(3)8-20(18)30-22(25)12-27-23(26)17(11-24)9-16-5-7-19-21(10-16)29-13-28-19/h5,7,9-10,14-15,18,20H,4,6,8,12-13H2,1-3H3/b17-9-/t15-,18+,20-/m1/s1. The van der Waals surface area contributed by atoms with Gasteiger partial charge in [-0.15, -0.1) is 0 Å². The molecular weight excluding hydrogens is 386 g/mol. The first-order chi connectivity index (χ1) is 14.4. The van der Waals surface area contributed by atoms with Crippen LogP contribution in [0.5, 0.6) is 11.5 Å². The van der Waals surface area contributed by atoms with Crippen LogP contribution < -0.4 is 9.47 Å². The second kappa shape index (κ2) is 9.66. The number of hydrogen-bond acceptors (Lipinski definition) is 7. The molecule has 160 valence electrons. The summed E-state index contributed by atoms with van der Waals surface area (Å²) in [5.74, 6) is 0.898. The van der Waals surface area contributed by atoms with E-state index < -0.39 is 18.5 Å². The van der Waals surface area contributed by atoms with Gasteiger partial charge in [0.15, 0.2) is 18.1 Å². The molecule has 0 bridgehead atoms. The number of esters is 2. The highest BCUT2D eigenvalue weighted by Crippen LogP contribution is 2.35. The molecule has 1 aliphatic carbocycles. The lowest BCUT2D eigenvalue weighted by Gasteiger charge is -2.36. The Labute approximate surface area is 176 Å². The Balaban J connectivity index is 1.57. The molecule has 0 spiro atoms. The molecule has 1 aliphatic heterocycles. The number of carbonyl (C=O) groups is 2. The van der Waals surface area contributed by atoms with Gasteiger partial charge in [0.05, 0.1) is 0 Å². The van der Waals surface area contributed by atoms with Gasteiger partial charge in [0, 0.05) is 0 Å². The second-order valence-corrected chi connectivity index (χ2v) is 8.21. The summed E-state index contributed by atoms with van der Waals surface area (Å²) < 4.78 is 21.2. The van der Waals surface area contributed by atoms with Crippen molar-refractivity contribution in [2.75, 3.05) is 13.4 Å². The van der Waals surface area contributed by atoms with Gasteiger partial charge in [-0.1, -0.05) is 33.3 Å². The number of hydrogen-bond donors (Lipinski definition) is 0. The molecule has 7 nitrogen and oxygen atoms in total. The predicted molar refractivity (Wildman–Crippen MR) is 108 cm³/mol. The van der Waals surface area contributed by atoms with Crippen molar-refractivity contribution >= 4 is 18.0 Å². The van der Waals surface area contributed by atoms with Crippen LogP contribution in [-0.4, -0.2) is 31.4 Å². The van der Waals surface area contributed by atoms with Crippen molar-refractivity contribution in [1.82, 2.24) is 0 Å². The van der Waals surface area contributed by atoms with Crippen LogP contribution in [0, 0.1) is 29.1 Å². The first-order valence-electron chi connectivity index (χ1n) is 10.3. The fourth-order valence-corrected chi connectivity index (χ4v) is 3.96. The molecule has 1 aromatic carbocycles. The van der Waals surface area contributed by atoms with Gasteiger partial charge >= 0.3 is 11.9 Å². The fourth-order valence-electron chi connectivity index (χ4n) is 3.96. The molecule has 3 rings (SSSR count). The molecule has 0 saturated heterocycles. The molecule has 0 radical (unpaired) electrons. The minimum Gasteiger partial charge on any atom is -0.460 e. The summed E-state index contributed by atoms with van der Waals surface area (Å²) in [6.45, 7) is 6.02. The van der Waals surface area contributed by atoms with Crippen LogP contribution >= 0.6 is 0 Å². The van der Waals surface area contributed by atoms with E-state index in [0.717, 1.165) is 19.3 Å². The SMILES string of the molecule is CC(C)[C@@H]1CC[C@@H](C)C[C@H]1OC(=O)COC(=O)/C(C#N)=C\c1ccc2c(c1)OCO2. The fraction of sp³-hybridized carbons (Fsp3) is 0.522. The van der Waals surface area contributed by atoms with Gasteiger partial charge < -0.3 is 18.9 Å². The molecule has 2 aliphatic rings. The summed E-state index contributed by atoms with van der Waals surface area (Å²) in [5.41, 5.74) is 0.374. The maximum Gasteiger partial charge on any atom is 0.349 e. The number of carbonyl (C=O) groups excluding carboxylic acids is 2. The highest BCUT2D eigenvalue weighted by atomic mass is 16.7. The Morgan fingerprint density at radius 3 is 2.77 bits per heavy atom. The second-order valence-electron chi connectivity index (χ2n) is 8.21. The van der Waals surface area contributed by atoms with E-state index in [0.29, 0.717) is 34.8 Å². The molecule has 1 heterocycles. The van der Waals surface area contributed by atoms with Gasteiger partial charge in [0.25, 0.3) is 0 Å². The highest BCUT2D eigenvalue weighted by molar-refractivity contribution is 5.98. The Kier molecular flexibility index (Phi) is 6.99. The first-order valence-corrected chi connectivity index (χ1v) is 10.3. The zero-order valence-electron chi connectivity index (χ0n) is 17.6. The van der Waals surface area contributed by atoms with Crippen molar-refractivity contribution in [2.24, 2.45) is 17.8 Å². The van der Waals surface area contributed by atoms with Crippen molar-refractivity contribution in [3.05, 3.63) is 29.3 Å². The van der Waals surface area contributed by atoms with E-state index in [1.54, 1.807) is 18.2 Å². The number of nitrogens with zero attached hydrogens (tertiary/aromatic N) is 1. The number of rotatable bonds is 6. The highest BCUT2D eigenvalue weighted by Gasteiger charge is 2.33. The Hall–Kier alpha value is -3.01. The van der Waals surface area contributed by atoms with Crippen LogP contribution in [0.15, 0.2) is 23.8 Å². The third-order valence-corrected chi connectivity index (χ3v) is 5.61. The Bertz CT molecular complexity index is 869. The maximum absolute atomic E-state index is 12.3. The van der Waals surface area contributed by atoms with Crippen LogP contribution in [0.1, 0.15) is 45.6 Å². The summed E-state index contributed by atoms with van der Waals surface area (Å²) in [6, 6.07) is 6.87. The van der Waals surface area contributed by atoms with Gasteiger partial charge in [-0.25, -0.2) is 9.59 Å². The van der Waals surface area contributed by atoms with Crippen molar-refractivity contribution in [3.8, 4) is 17.6 Å². The average Bonchev–Trinajstić information content (AvgIpc) is 3.18. The zero-order chi connectivity index (χ0) is 21.7. The van der Waals surface area contributed by atoms with Crippen LogP contribution in [0.2, 0.25) is 0 Å². The maximum atomic E-state index is 12.3. The molecular formula is C23H27NO6. The van der Waals surface area contributed by atoms with Gasteiger partial charge in [-0.2, -0.15) is 5.26 Å². The van der Waals surface area contributed by atoms with Crippen molar-refractivity contribution < 1.29 is 28.5 Å². The molecule has 0 aromatic heterocycles. The lowest BCUT2D eigenvalue weighted by molar-refractivity contribution is -0.165. The Morgan fingerprint density at radius 2 is 2.03 bits per heavy atom. The first kappa shape index (κ1) is 21.7. The third kappa shape index (κ3) is 5.32. The number of benzene rings is 1.